The Morgan fingerprint density at radius 2 is 2.03 bits per heavy atom. The van der Waals surface area contributed by atoms with Crippen LogP contribution in [-0.2, 0) is 17.8 Å². The van der Waals surface area contributed by atoms with E-state index in [1.165, 1.54) is 16.4 Å². The lowest BCUT2D eigenvalue weighted by atomic mass is 9.90. The fraction of sp³-hybridized carbons (Fsp3) is 0.458. The van der Waals surface area contributed by atoms with Crippen LogP contribution >= 0.6 is 11.8 Å². The van der Waals surface area contributed by atoms with Crippen LogP contribution < -0.4 is 10.9 Å². The molecule has 0 bridgehead atoms. The van der Waals surface area contributed by atoms with E-state index < -0.39 is 5.54 Å². The maximum absolute atomic E-state index is 13.3. The number of benzene rings is 1. The summed E-state index contributed by atoms with van der Waals surface area (Å²) < 4.78 is 3.49. The van der Waals surface area contributed by atoms with Gasteiger partial charge >= 0.3 is 0 Å². The van der Waals surface area contributed by atoms with E-state index in [1.54, 1.807) is 6.92 Å². The Morgan fingerprint density at radius 1 is 1.27 bits per heavy atom. The molecule has 1 N–H and O–H groups in total. The first kappa shape index (κ1) is 23.1. The van der Waals surface area contributed by atoms with Crippen LogP contribution in [0.1, 0.15) is 45.7 Å². The standard InChI is InChI=1S/C24H28N6O2S/c1-16(2)24(3,15-25)27-19(31)14-33-23-26-21-20(18-12-8-5-9-13-29(18)23)22(32)30(28-21)17-10-6-4-7-11-17/h4,6-7,10-11,16H,5,8-9,12-14H2,1-3H3,(H,27,31). The molecule has 0 radical (unpaired) electrons. The van der Waals surface area contributed by atoms with E-state index in [2.05, 4.69) is 21.1 Å². The molecule has 33 heavy (non-hydrogen) atoms. The molecule has 8 nitrogen and oxygen atoms in total. The lowest BCUT2D eigenvalue weighted by molar-refractivity contribution is -0.120. The first-order valence-electron chi connectivity index (χ1n) is 11.3. The highest BCUT2D eigenvalue weighted by Crippen LogP contribution is 2.30. The SMILES string of the molecule is CC(C)C(C)(C#N)NC(=O)CSc1nc2nn(-c3ccccc3)c(=O)c-2c2n1CCCCC2. The number of thioether (sulfide) groups is 1. The lowest BCUT2D eigenvalue weighted by Gasteiger charge is -2.27. The molecule has 0 spiro atoms. The predicted molar refractivity (Wildman–Crippen MR) is 128 cm³/mol. The van der Waals surface area contributed by atoms with Gasteiger partial charge in [0.2, 0.25) is 5.91 Å². The first-order chi connectivity index (χ1) is 15.8. The van der Waals surface area contributed by atoms with Gasteiger partial charge in [-0.2, -0.15) is 9.94 Å². The summed E-state index contributed by atoms with van der Waals surface area (Å²) in [6.07, 6.45) is 3.83. The summed E-state index contributed by atoms with van der Waals surface area (Å²) in [5.74, 6) is 0.297. The molecule has 1 aromatic rings. The molecule has 1 atom stereocenters. The van der Waals surface area contributed by atoms with E-state index in [-0.39, 0.29) is 23.1 Å². The van der Waals surface area contributed by atoms with Gasteiger partial charge in [-0.3, -0.25) is 9.59 Å². The zero-order valence-electron chi connectivity index (χ0n) is 19.2. The summed E-state index contributed by atoms with van der Waals surface area (Å²) in [5.41, 5.74) is 1.12. The van der Waals surface area contributed by atoms with Gasteiger partial charge in [-0.1, -0.05) is 50.2 Å². The lowest BCUT2D eigenvalue weighted by Crippen LogP contribution is -2.49. The molecule has 0 saturated carbocycles. The van der Waals surface area contributed by atoms with Gasteiger partial charge in [0, 0.05) is 12.2 Å². The van der Waals surface area contributed by atoms with Crippen molar-refractivity contribution >= 4 is 17.7 Å². The van der Waals surface area contributed by atoms with Crippen molar-refractivity contribution in [3.8, 4) is 23.1 Å². The fourth-order valence-corrected chi connectivity index (χ4v) is 4.81. The number of nitriles is 1. The number of para-hydroxylation sites is 1. The second-order valence-corrected chi connectivity index (χ2v) is 9.80. The largest absolute Gasteiger partial charge is 0.337 e. The van der Waals surface area contributed by atoms with E-state index >= 15 is 0 Å². The summed E-state index contributed by atoms with van der Waals surface area (Å²) in [4.78, 5) is 30.6. The quantitative estimate of drug-likeness (QED) is 0.443. The Morgan fingerprint density at radius 3 is 2.73 bits per heavy atom. The van der Waals surface area contributed by atoms with Crippen LogP contribution in [0.2, 0.25) is 0 Å². The van der Waals surface area contributed by atoms with Crippen LogP contribution in [0.15, 0.2) is 40.3 Å². The summed E-state index contributed by atoms with van der Waals surface area (Å²) in [5, 5.41) is 17.5. The highest BCUT2D eigenvalue weighted by atomic mass is 32.2. The molecule has 3 heterocycles. The number of carbonyl (C=O) groups excluding carboxylic acids is 1. The summed E-state index contributed by atoms with van der Waals surface area (Å²) in [6, 6.07) is 11.5. The number of amides is 1. The molecule has 9 heteroatoms. The van der Waals surface area contributed by atoms with E-state index in [9.17, 15) is 14.9 Å². The molecule has 1 amide bonds. The second-order valence-electron chi connectivity index (χ2n) is 8.86. The number of fused-ring (bicyclic) bond motifs is 3. The third kappa shape index (κ3) is 4.53. The third-order valence-corrected chi connectivity index (χ3v) is 7.26. The highest BCUT2D eigenvalue weighted by molar-refractivity contribution is 7.99. The first-order valence-corrected chi connectivity index (χ1v) is 12.3. The molecule has 3 aliphatic rings. The van der Waals surface area contributed by atoms with E-state index in [0.717, 1.165) is 37.9 Å². The van der Waals surface area contributed by atoms with Gasteiger partial charge in [0.15, 0.2) is 11.0 Å². The molecule has 172 valence electrons. The Kier molecular flexibility index (Phi) is 6.56. The maximum atomic E-state index is 13.3. The smallest absolute Gasteiger partial charge is 0.284 e. The number of hydrogen-bond acceptors (Lipinski definition) is 6. The van der Waals surface area contributed by atoms with Gasteiger partial charge in [0.25, 0.3) is 5.56 Å². The monoisotopic (exact) mass is 464 g/mol. The normalized spacial score (nSPS) is 15.5. The maximum Gasteiger partial charge on any atom is 0.284 e. The zero-order valence-corrected chi connectivity index (χ0v) is 20.0. The number of aromatic nitrogens is 4. The van der Waals surface area contributed by atoms with Crippen LogP contribution in [0.3, 0.4) is 0 Å². The molecule has 0 saturated heterocycles. The fourth-order valence-electron chi connectivity index (χ4n) is 3.97. The Hall–Kier alpha value is -3.12. The van der Waals surface area contributed by atoms with Gasteiger partial charge in [-0.05, 0) is 44.2 Å². The minimum atomic E-state index is -0.926. The van der Waals surface area contributed by atoms with Crippen LogP contribution in [0.5, 0.6) is 0 Å². The average Bonchev–Trinajstić information content (AvgIpc) is 2.97. The molecule has 4 rings (SSSR count). The van der Waals surface area contributed by atoms with E-state index in [4.69, 9.17) is 4.98 Å². The molecular formula is C24H28N6O2S. The van der Waals surface area contributed by atoms with Crippen molar-refractivity contribution in [3.05, 3.63) is 46.4 Å². The molecule has 0 fully saturated rings. The Bertz CT molecular complexity index is 1230. The van der Waals surface area contributed by atoms with E-state index in [1.807, 2.05) is 44.2 Å². The van der Waals surface area contributed by atoms with Crippen molar-refractivity contribution in [2.24, 2.45) is 5.92 Å². The average molecular weight is 465 g/mol. The van der Waals surface area contributed by atoms with Gasteiger partial charge in [-0.25, -0.2) is 4.98 Å². The van der Waals surface area contributed by atoms with Crippen molar-refractivity contribution in [1.82, 2.24) is 24.6 Å². The van der Waals surface area contributed by atoms with Crippen molar-refractivity contribution in [3.63, 3.8) is 0 Å². The summed E-state index contributed by atoms with van der Waals surface area (Å²) >= 11 is 1.32. The number of rotatable bonds is 6. The van der Waals surface area contributed by atoms with Crippen molar-refractivity contribution < 1.29 is 4.79 Å². The van der Waals surface area contributed by atoms with Gasteiger partial charge < -0.3 is 9.88 Å². The minimum Gasteiger partial charge on any atom is -0.337 e. The molecule has 0 aromatic heterocycles. The van der Waals surface area contributed by atoms with Gasteiger partial charge in [0.05, 0.1) is 17.5 Å². The van der Waals surface area contributed by atoms with Crippen LogP contribution in [0.25, 0.3) is 17.1 Å². The minimum absolute atomic E-state index is 0.0194. The summed E-state index contributed by atoms with van der Waals surface area (Å²) in [7, 11) is 0. The topological polar surface area (TPSA) is 106 Å². The second kappa shape index (κ2) is 9.40. The van der Waals surface area contributed by atoms with E-state index in [0.29, 0.717) is 22.2 Å². The number of hydrogen-bond donors (Lipinski definition) is 1. The van der Waals surface area contributed by atoms with Crippen molar-refractivity contribution in [2.75, 3.05) is 5.75 Å². The molecule has 1 unspecified atom stereocenters. The van der Waals surface area contributed by atoms with Crippen molar-refractivity contribution in [1.29, 1.82) is 5.26 Å². The van der Waals surface area contributed by atoms with Gasteiger partial charge in [-0.15, -0.1) is 5.10 Å². The molecule has 3 aliphatic heterocycles. The number of nitrogens with zero attached hydrogens (tertiary/aromatic N) is 5. The number of nitrogens with one attached hydrogen (secondary N) is 1. The zero-order chi connectivity index (χ0) is 23.6. The van der Waals surface area contributed by atoms with Crippen LogP contribution in [-0.4, -0.2) is 36.5 Å². The predicted octanol–water partition coefficient (Wildman–Crippen LogP) is 3.41. The van der Waals surface area contributed by atoms with Crippen LogP contribution in [0, 0.1) is 17.2 Å². The molecular weight excluding hydrogens is 436 g/mol. The third-order valence-electron chi connectivity index (χ3n) is 6.29. The van der Waals surface area contributed by atoms with Crippen LogP contribution in [0.4, 0.5) is 0 Å². The summed E-state index contributed by atoms with van der Waals surface area (Å²) in [6.45, 7) is 6.30. The Labute approximate surface area is 197 Å². The van der Waals surface area contributed by atoms with Gasteiger partial charge in [0.1, 0.15) is 11.1 Å². The number of carbonyl (C=O) groups is 1. The van der Waals surface area contributed by atoms with Crippen molar-refractivity contribution in [2.45, 2.75) is 63.7 Å². The highest BCUT2D eigenvalue weighted by Gasteiger charge is 2.31. The molecule has 1 aromatic carbocycles. The Balaban J connectivity index is 1.70. The molecule has 0 aliphatic carbocycles.